The minimum Gasteiger partial charge on any atom is -0.461 e. The largest absolute Gasteiger partial charge is 0.461 e. The first-order valence-corrected chi connectivity index (χ1v) is 7.62. The number of unbranched alkanes of at least 4 members (excludes halogenated alkanes) is 1. The first-order chi connectivity index (χ1) is 10.7. The molecule has 23 heavy (non-hydrogen) atoms. The number of halogens is 3. The van der Waals surface area contributed by atoms with Crippen LogP contribution in [0.5, 0.6) is 0 Å². The van der Waals surface area contributed by atoms with Crippen molar-refractivity contribution in [3.05, 3.63) is 0 Å². The van der Waals surface area contributed by atoms with Crippen LogP contribution in [0.3, 0.4) is 0 Å². The number of esters is 2. The molecule has 0 aliphatic carbocycles. The van der Waals surface area contributed by atoms with Crippen LogP contribution in [-0.4, -0.2) is 30.3 Å². The maximum absolute atomic E-state index is 12.2. The summed E-state index contributed by atoms with van der Waals surface area (Å²) in [4.78, 5) is 22.8. The molecule has 4 nitrogen and oxygen atoms in total. The molecule has 0 fully saturated rings. The Kier molecular flexibility index (Phi) is 10.1. The molecule has 0 rings (SSSR count). The second-order valence-corrected chi connectivity index (χ2v) is 5.00. The minimum absolute atomic E-state index is 0.317. The number of carbonyl (C=O) groups is 2. The molecular weight excluding hydrogens is 313 g/mol. The molecule has 0 bridgehead atoms. The quantitative estimate of drug-likeness (QED) is 0.500. The van der Waals surface area contributed by atoms with Crippen molar-refractivity contribution in [1.29, 1.82) is 0 Å². The molecular formula is C16H23F3O4. The zero-order chi connectivity index (χ0) is 17.9. The van der Waals surface area contributed by atoms with Crippen molar-refractivity contribution < 1.29 is 32.2 Å². The fraction of sp³-hybridized carbons (Fsp3) is 0.750. The Morgan fingerprint density at radius 2 is 1.61 bits per heavy atom. The number of hydrogen-bond acceptors (Lipinski definition) is 4. The van der Waals surface area contributed by atoms with Crippen LogP contribution in [0.4, 0.5) is 13.2 Å². The normalized spacial score (nSPS) is 13.5. The van der Waals surface area contributed by atoms with E-state index in [1.54, 1.807) is 0 Å². The van der Waals surface area contributed by atoms with Crippen molar-refractivity contribution in [2.45, 2.75) is 77.7 Å². The van der Waals surface area contributed by atoms with Crippen molar-refractivity contribution in [2.24, 2.45) is 0 Å². The summed E-state index contributed by atoms with van der Waals surface area (Å²) in [6, 6.07) is 0. The molecule has 0 saturated carbocycles. The molecule has 0 aromatic rings. The monoisotopic (exact) mass is 336 g/mol. The third kappa shape index (κ3) is 10.6. The molecule has 0 aromatic heterocycles. The average molecular weight is 336 g/mol. The van der Waals surface area contributed by atoms with Gasteiger partial charge in [-0.05, 0) is 19.8 Å². The van der Waals surface area contributed by atoms with Crippen LogP contribution < -0.4 is 0 Å². The lowest BCUT2D eigenvalue weighted by molar-refractivity contribution is -0.216. The molecule has 0 saturated heterocycles. The molecule has 2 unspecified atom stereocenters. The van der Waals surface area contributed by atoms with Crippen molar-refractivity contribution in [3.8, 4) is 11.8 Å². The van der Waals surface area contributed by atoms with Gasteiger partial charge in [0.1, 0.15) is 6.10 Å². The molecule has 7 heteroatoms. The predicted octanol–water partition coefficient (Wildman–Crippen LogP) is 3.78. The van der Waals surface area contributed by atoms with Crippen molar-refractivity contribution in [3.63, 3.8) is 0 Å². The summed E-state index contributed by atoms with van der Waals surface area (Å²) in [5, 5.41) is 0. The van der Waals surface area contributed by atoms with Crippen LogP contribution >= 0.6 is 0 Å². The van der Waals surface area contributed by atoms with Gasteiger partial charge >= 0.3 is 18.1 Å². The summed E-state index contributed by atoms with van der Waals surface area (Å²) < 4.78 is 46.0. The molecule has 2 atom stereocenters. The zero-order valence-electron chi connectivity index (χ0n) is 13.7. The third-order valence-corrected chi connectivity index (χ3v) is 2.89. The van der Waals surface area contributed by atoms with Crippen molar-refractivity contribution >= 4 is 11.9 Å². The molecule has 132 valence electrons. The van der Waals surface area contributed by atoms with E-state index in [1.165, 1.54) is 0 Å². The van der Waals surface area contributed by atoms with Gasteiger partial charge in [-0.15, -0.1) is 5.92 Å². The standard InChI is InChI=1S/C16H23F3O4/c1-4-6-7-8-9-13(5-2)23-15(21)11-10-14(20)22-12(3)16(17,18)19/h12-13H,4-6,9-11H2,1-3H3. The molecule has 0 radical (unpaired) electrons. The number of rotatable bonds is 8. The van der Waals surface area contributed by atoms with E-state index in [0.29, 0.717) is 12.8 Å². The Bertz CT molecular complexity index is 435. The van der Waals surface area contributed by atoms with Gasteiger partial charge in [-0.2, -0.15) is 13.2 Å². The van der Waals surface area contributed by atoms with Crippen LogP contribution in [0, 0.1) is 11.8 Å². The summed E-state index contributed by atoms with van der Waals surface area (Å²) in [6.07, 6.45) is -5.25. The molecule has 0 heterocycles. The first-order valence-electron chi connectivity index (χ1n) is 7.62. The number of hydrogen-bond donors (Lipinski definition) is 0. The van der Waals surface area contributed by atoms with Crippen LogP contribution in [0.15, 0.2) is 0 Å². The van der Waals surface area contributed by atoms with Crippen LogP contribution in [0.1, 0.15) is 59.3 Å². The van der Waals surface area contributed by atoms with Gasteiger partial charge in [0.25, 0.3) is 0 Å². The van der Waals surface area contributed by atoms with E-state index in [1.807, 2.05) is 13.8 Å². The molecule has 0 spiro atoms. The van der Waals surface area contributed by atoms with Gasteiger partial charge in [-0.3, -0.25) is 9.59 Å². The van der Waals surface area contributed by atoms with Gasteiger partial charge in [0.15, 0.2) is 6.10 Å². The summed E-state index contributed by atoms with van der Waals surface area (Å²) in [7, 11) is 0. The zero-order valence-corrected chi connectivity index (χ0v) is 13.7. The lowest BCUT2D eigenvalue weighted by Gasteiger charge is -2.16. The van der Waals surface area contributed by atoms with E-state index in [2.05, 4.69) is 16.6 Å². The Balaban J connectivity index is 4.14. The minimum atomic E-state index is -4.61. The number of alkyl halides is 3. The Morgan fingerprint density at radius 3 is 2.09 bits per heavy atom. The number of ether oxygens (including phenoxy) is 2. The molecule has 0 aromatic carbocycles. The summed E-state index contributed by atoms with van der Waals surface area (Å²) in [6.45, 7) is 4.57. The molecule has 0 N–H and O–H groups in total. The highest BCUT2D eigenvalue weighted by molar-refractivity contribution is 5.77. The second kappa shape index (κ2) is 10.9. The van der Waals surface area contributed by atoms with Crippen LogP contribution in [-0.2, 0) is 19.1 Å². The Morgan fingerprint density at radius 1 is 1.04 bits per heavy atom. The van der Waals surface area contributed by atoms with Gasteiger partial charge in [0.2, 0.25) is 0 Å². The SMILES string of the molecule is CCCC#CCC(CC)OC(=O)CCC(=O)OC(C)C(F)(F)F. The van der Waals surface area contributed by atoms with Crippen LogP contribution in [0.2, 0.25) is 0 Å². The van der Waals surface area contributed by atoms with E-state index in [4.69, 9.17) is 4.74 Å². The Hall–Kier alpha value is -1.71. The maximum atomic E-state index is 12.2. The highest BCUT2D eigenvalue weighted by Crippen LogP contribution is 2.22. The van der Waals surface area contributed by atoms with Crippen molar-refractivity contribution in [2.75, 3.05) is 0 Å². The van der Waals surface area contributed by atoms with Gasteiger partial charge in [-0.1, -0.05) is 19.8 Å². The predicted molar refractivity (Wildman–Crippen MR) is 78.3 cm³/mol. The summed E-state index contributed by atoms with van der Waals surface area (Å²) >= 11 is 0. The fourth-order valence-electron chi connectivity index (χ4n) is 1.44. The summed E-state index contributed by atoms with van der Waals surface area (Å²) in [5.41, 5.74) is 0. The summed E-state index contributed by atoms with van der Waals surface area (Å²) in [5.74, 6) is 4.12. The average Bonchev–Trinajstić information content (AvgIpc) is 2.47. The van der Waals surface area contributed by atoms with E-state index >= 15 is 0 Å². The van der Waals surface area contributed by atoms with Gasteiger partial charge in [0, 0.05) is 12.8 Å². The fourth-order valence-corrected chi connectivity index (χ4v) is 1.44. The highest BCUT2D eigenvalue weighted by Gasteiger charge is 2.39. The number of carbonyl (C=O) groups excluding carboxylic acids is 2. The second-order valence-electron chi connectivity index (χ2n) is 5.00. The van der Waals surface area contributed by atoms with Gasteiger partial charge in [0.05, 0.1) is 12.8 Å². The smallest absolute Gasteiger partial charge is 0.425 e. The lowest BCUT2D eigenvalue weighted by atomic mass is 10.2. The Labute approximate surface area is 134 Å². The third-order valence-electron chi connectivity index (χ3n) is 2.89. The van der Waals surface area contributed by atoms with Gasteiger partial charge < -0.3 is 9.47 Å². The molecule has 0 aliphatic rings. The van der Waals surface area contributed by atoms with Gasteiger partial charge in [-0.25, -0.2) is 0 Å². The maximum Gasteiger partial charge on any atom is 0.425 e. The van der Waals surface area contributed by atoms with E-state index in [9.17, 15) is 22.8 Å². The molecule has 0 amide bonds. The molecule has 0 aliphatic heterocycles. The van der Waals surface area contributed by atoms with E-state index in [0.717, 1.165) is 19.8 Å². The van der Waals surface area contributed by atoms with Crippen molar-refractivity contribution in [1.82, 2.24) is 0 Å². The highest BCUT2D eigenvalue weighted by atomic mass is 19.4. The lowest BCUT2D eigenvalue weighted by Crippen LogP contribution is -2.31. The van der Waals surface area contributed by atoms with E-state index in [-0.39, 0.29) is 12.5 Å². The van der Waals surface area contributed by atoms with E-state index < -0.39 is 30.6 Å². The topological polar surface area (TPSA) is 52.6 Å². The van der Waals surface area contributed by atoms with Crippen LogP contribution in [0.25, 0.3) is 0 Å². The first kappa shape index (κ1) is 21.3.